The number of amides is 1. The summed E-state index contributed by atoms with van der Waals surface area (Å²) in [4.78, 5) is 25.6. The van der Waals surface area contributed by atoms with Crippen LogP contribution < -0.4 is 5.73 Å². The predicted octanol–water partition coefficient (Wildman–Crippen LogP) is 4.65. The molecule has 160 valence electrons. The number of primary amides is 1. The normalized spacial score (nSPS) is 22.6. The van der Waals surface area contributed by atoms with Gasteiger partial charge in [-0.1, -0.05) is 35.3 Å². The quantitative estimate of drug-likeness (QED) is 0.681. The second kappa shape index (κ2) is 8.17. The molecule has 0 saturated heterocycles. The van der Waals surface area contributed by atoms with Gasteiger partial charge in [-0.15, -0.1) is 0 Å². The van der Waals surface area contributed by atoms with Crippen LogP contribution in [0.2, 0.25) is 10.3 Å². The van der Waals surface area contributed by atoms with E-state index in [9.17, 15) is 4.79 Å². The predicted molar refractivity (Wildman–Crippen MR) is 120 cm³/mol. The van der Waals surface area contributed by atoms with Gasteiger partial charge in [-0.05, 0) is 61.8 Å². The van der Waals surface area contributed by atoms with Crippen molar-refractivity contribution in [1.82, 2.24) is 19.8 Å². The van der Waals surface area contributed by atoms with E-state index in [1.54, 1.807) is 0 Å². The van der Waals surface area contributed by atoms with Crippen LogP contribution in [0, 0.1) is 0 Å². The third-order valence-corrected chi connectivity index (χ3v) is 6.75. The minimum absolute atomic E-state index is 0.0152. The zero-order valence-corrected chi connectivity index (χ0v) is 18.5. The minimum Gasteiger partial charge on any atom is -0.364 e. The molecule has 31 heavy (non-hydrogen) atoms. The van der Waals surface area contributed by atoms with Crippen molar-refractivity contribution >= 4 is 29.1 Å². The Bertz CT molecular complexity index is 1100. The Hall–Kier alpha value is -2.57. The molecule has 2 aromatic rings. The van der Waals surface area contributed by atoms with E-state index < -0.39 is 5.91 Å². The third kappa shape index (κ3) is 3.79. The van der Waals surface area contributed by atoms with E-state index >= 15 is 0 Å². The lowest BCUT2D eigenvalue weighted by atomic mass is 9.90. The summed E-state index contributed by atoms with van der Waals surface area (Å²) in [6, 6.07) is 7.66. The highest BCUT2D eigenvalue weighted by Crippen LogP contribution is 2.40. The lowest BCUT2D eigenvalue weighted by molar-refractivity contribution is -0.116. The molecule has 1 aliphatic heterocycles. The topological polar surface area (TPSA) is 75.4 Å². The first-order valence-electron chi connectivity index (χ1n) is 10.6. The molecule has 0 bridgehead atoms. The fourth-order valence-corrected chi connectivity index (χ4v) is 5.21. The van der Waals surface area contributed by atoms with Crippen LogP contribution in [0.1, 0.15) is 60.3 Å². The first kappa shape index (κ1) is 20.3. The summed E-state index contributed by atoms with van der Waals surface area (Å²) in [7, 11) is 0. The molecule has 6 nitrogen and oxygen atoms in total. The molecule has 2 atom stereocenters. The van der Waals surface area contributed by atoms with Crippen LogP contribution in [0.15, 0.2) is 48.6 Å². The van der Waals surface area contributed by atoms with E-state index in [2.05, 4.69) is 9.97 Å². The number of aromatic nitrogens is 2. The number of pyridine rings is 2. The maximum absolute atomic E-state index is 12.5. The molecule has 1 amide bonds. The smallest absolute Gasteiger partial charge is 0.266 e. The zero-order chi connectivity index (χ0) is 21.5. The van der Waals surface area contributed by atoms with Crippen molar-refractivity contribution in [2.45, 2.75) is 50.6 Å². The molecule has 3 heterocycles. The highest BCUT2D eigenvalue weighted by Gasteiger charge is 2.34. The van der Waals surface area contributed by atoms with Gasteiger partial charge in [0.05, 0.1) is 23.5 Å². The molecule has 0 spiro atoms. The average molecular weight is 456 g/mol. The van der Waals surface area contributed by atoms with Gasteiger partial charge in [-0.3, -0.25) is 4.79 Å². The Kier molecular flexibility index (Phi) is 5.36. The number of nitrogens with two attached hydrogens (primary N) is 1. The Labute approximate surface area is 191 Å². The lowest BCUT2D eigenvalue weighted by Gasteiger charge is -2.40. The summed E-state index contributed by atoms with van der Waals surface area (Å²) in [6.07, 6.45) is 11.6. The maximum atomic E-state index is 12.5. The number of nitrogens with zero attached hydrogens (tertiary/aromatic N) is 4. The Balaban J connectivity index is 1.50. The summed E-state index contributed by atoms with van der Waals surface area (Å²) in [6.45, 7) is 0. The van der Waals surface area contributed by atoms with Gasteiger partial charge in [-0.25, -0.2) is 9.97 Å². The Morgan fingerprint density at radius 3 is 2.10 bits per heavy atom. The average Bonchev–Trinajstić information content (AvgIpc) is 2.78. The fourth-order valence-electron chi connectivity index (χ4n) is 4.90. The van der Waals surface area contributed by atoms with Crippen molar-refractivity contribution in [3.8, 4) is 0 Å². The summed E-state index contributed by atoms with van der Waals surface area (Å²) in [5, 5.41) is 0.939. The molecule has 0 fully saturated rings. The number of carbonyl (C=O) groups is 1. The van der Waals surface area contributed by atoms with Crippen LogP contribution in [0.4, 0.5) is 0 Å². The molecule has 2 N–H and O–H groups in total. The van der Waals surface area contributed by atoms with Crippen LogP contribution >= 0.6 is 23.2 Å². The second-order valence-electron chi connectivity index (χ2n) is 8.20. The van der Waals surface area contributed by atoms with Crippen LogP contribution in [0.3, 0.4) is 0 Å². The zero-order valence-electron chi connectivity index (χ0n) is 17.0. The van der Waals surface area contributed by atoms with Crippen LogP contribution in [0.25, 0.3) is 0 Å². The number of halogens is 2. The van der Waals surface area contributed by atoms with Crippen molar-refractivity contribution in [2.75, 3.05) is 0 Å². The lowest BCUT2D eigenvalue weighted by Crippen LogP contribution is -2.38. The number of aryl methyl sites for hydroxylation is 2. The number of rotatable bonds is 3. The second-order valence-corrected chi connectivity index (χ2v) is 8.98. The van der Waals surface area contributed by atoms with Crippen LogP contribution in [0.5, 0.6) is 0 Å². The summed E-state index contributed by atoms with van der Waals surface area (Å²) >= 11 is 12.4. The van der Waals surface area contributed by atoms with Crippen molar-refractivity contribution < 1.29 is 4.79 Å². The molecular formula is C23H23Cl2N5O. The molecule has 0 radical (unpaired) electrons. The van der Waals surface area contributed by atoms with Gasteiger partial charge in [-0.2, -0.15) is 0 Å². The third-order valence-electron chi connectivity index (χ3n) is 6.33. The van der Waals surface area contributed by atoms with Gasteiger partial charge >= 0.3 is 0 Å². The van der Waals surface area contributed by atoms with Crippen LogP contribution in [-0.4, -0.2) is 25.7 Å². The van der Waals surface area contributed by atoms with E-state index in [1.165, 1.54) is 11.1 Å². The number of hydrogen-bond acceptors (Lipinski definition) is 5. The fraction of sp³-hybridized carbons (Fsp3) is 0.348. The molecule has 2 unspecified atom stereocenters. The van der Waals surface area contributed by atoms with Crippen molar-refractivity contribution in [1.29, 1.82) is 0 Å². The molecule has 0 saturated carbocycles. The minimum atomic E-state index is -0.474. The standard InChI is InChI=1S/C23H23Cl2N5O/c24-19-9-7-14-3-1-5-16(21(14)27-19)29-11-12-30(18(13-29)23(26)31)17-6-2-4-15-8-10-20(25)28-22(15)17/h7-13,16-17H,1-6H2,(H2,26,31). The first-order chi connectivity index (χ1) is 15.0. The summed E-state index contributed by atoms with van der Waals surface area (Å²) in [5.74, 6) is -0.474. The van der Waals surface area contributed by atoms with E-state index in [0.717, 1.165) is 49.9 Å². The number of carbonyl (C=O) groups excluding carboxylic acids is 1. The molecule has 2 aliphatic carbocycles. The SMILES string of the molecule is NC(=O)C1=CN(C2CCCc3ccc(Cl)nc32)C=CN1C1CCCc2ccc(Cl)nc21. The van der Waals surface area contributed by atoms with Gasteiger partial charge < -0.3 is 15.5 Å². The van der Waals surface area contributed by atoms with E-state index in [4.69, 9.17) is 28.9 Å². The Morgan fingerprint density at radius 2 is 1.48 bits per heavy atom. The number of hydrogen-bond donors (Lipinski definition) is 1. The summed E-state index contributed by atoms with van der Waals surface area (Å²) < 4.78 is 0. The van der Waals surface area contributed by atoms with Gasteiger partial charge in [0, 0.05) is 18.6 Å². The highest BCUT2D eigenvalue weighted by atomic mass is 35.5. The maximum Gasteiger partial charge on any atom is 0.266 e. The van der Waals surface area contributed by atoms with Crippen molar-refractivity contribution in [2.24, 2.45) is 5.73 Å². The Morgan fingerprint density at radius 1 is 0.903 bits per heavy atom. The largest absolute Gasteiger partial charge is 0.364 e. The molecule has 8 heteroatoms. The van der Waals surface area contributed by atoms with Crippen molar-refractivity contribution in [3.63, 3.8) is 0 Å². The number of fused-ring (bicyclic) bond motifs is 2. The van der Waals surface area contributed by atoms with E-state index in [1.807, 2.05) is 52.7 Å². The molecule has 3 aliphatic rings. The highest BCUT2D eigenvalue weighted by molar-refractivity contribution is 6.29. The van der Waals surface area contributed by atoms with Gasteiger partial charge in [0.2, 0.25) is 0 Å². The molecule has 0 aromatic carbocycles. The van der Waals surface area contributed by atoms with Gasteiger partial charge in [0.1, 0.15) is 16.0 Å². The summed E-state index contributed by atoms with van der Waals surface area (Å²) in [5.41, 5.74) is 10.5. The molecule has 2 aromatic heterocycles. The first-order valence-corrected chi connectivity index (χ1v) is 11.3. The van der Waals surface area contributed by atoms with E-state index in [-0.39, 0.29) is 12.1 Å². The molecule has 5 rings (SSSR count). The van der Waals surface area contributed by atoms with Crippen molar-refractivity contribution in [3.05, 3.63) is 81.4 Å². The molecular weight excluding hydrogens is 433 g/mol. The van der Waals surface area contributed by atoms with Gasteiger partial charge in [0.25, 0.3) is 5.91 Å². The van der Waals surface area contributed by atoms with Crippen LogP contribution in [-0.2, 0) is 17.6 Å². The monoisotopic (exact) mass is 455 g/mol. The van der Waals surface area contributed by atoms with E-state index in [0.29, 0.717) is 16.0 Å². The van der Waals surface area contributed by atoms with Gasteiger partial charge in [0.15, 0.2) is 0 Å².